The van der Waals surface area contributed by atoms with Crippen LogP contribution in [0, 0.1) is 6.92 Å². The molecule has 1 aromatic heterocycles. The number of hydrogen-bond acceptors (Lipinski definition) is 2. The number of nitrogens with zero attached hydrogens (tertiary/aromatic N) is 2. The number of allylic oxidation sites excluding steroid dienone is 3. The van der Waals surface area contributed by atoms with Crippen LogP contribution in [0.4, 0.5) is 5.69 Å². The molecule has 0 spiro atoms. The topological polar surface area (TPSA) is 7.12 Å². The molecular weight excluding hydrogens is 348 g/mol. The second kappa shape index (κ2) is 6.65. The summed E-state index contributed by atoms with van der Waals surface area (Å²) < 4.78 is 3.75. The van der Waals surface area contributed by atoms with E-state index in [1.54, 1.807) is 0 Å². The lowest BCUT2D eigenvalue weighted by molar-refractivity contribution is -0.665. The third kappa shape index (κ3) is 2.90. The molecule has 2 heterocycles. The first kappa shape index (κ1) is 18.0. The van der Waals surface area contributed by atoms with Gasteiger partial charge in [-0.25, -0.2) is 0 Å². The van der Waals surface area contributed by atoms with E-state index in [2.05, 4.69) is 105 Å². The highest BCUT2D eigenvalue weighted by Crippen LogP contribution is 2.46. The molecular formula is C24H27N2S+. The smallest absolute Gasteiger partial charge is 0.262 e. The van der Waals surface area contributed by atoms with E-state index < -0.39 is 0 Å². The summed E-state index contributed by atoms with van der Waals surface area (Å²) in [5.41, 5.74) is 6.70. The molecule has 0 bridgehead atoms. The lowest BCUT2D eigenvalue weighted by atomic mass is 9.84. The number of likely N-dealkylation sites (N-methyl/N-ethyl adjacent to an activating group) is 1. The van der Waals surface area contributed by atoms with Crippen molar-refractivity contribution in [3.05, 3.63) is 76.4 Å². The van der Waals surface area contributed by atoms with Gasteiger partial charge in [-0.1, -0.05) is 55.5 Å². The predicted molar refractivity (Wildman–Crippen MR) is 117 cm³/mol. The number of para-hydroxylation sites is 1. The van der Waals surface area contributed by atoms with Crippen molar-refractivity contribution >= 4 is 33.3 Å². The Labute approximate surface area is 166 Å². The van der Waals surface area contributed by atoms with Crippen LogP contribution >= 0.6 is 11.3 Å². The van der Waals surface area contributed by atoms with Gasteiger partial charge in [0.15, 0.2) is 0 Å². The van der Waals surface area contributed by atoms with Crippen LogP contribution in [0.25, 0.3) is 16.3 Å². The van der Waals surface area contributed by atoms with E-state index in [1.165, 1.54) is 37.7 Å². The summed E-state index contributed by atoms with van der Waals surface area (Å²) in [6.07, 6.45) is 6.74. The fraction of sp³-hybridized carbons (Fsp3) is 0.292. The van der Waals surface area contributed by atoms with Gasteiger partial charge >= 0.3 is 0 Å². The molecule has 4 rings (SSSR count). The standard InChI is InChI=1S/C24H27N2S/c1-6-26-20-15-14-17(2)16-21(20)27-23(26)13-9-12-22-24(3,4)18-10-7-8-11-19(18)25(22)5/h7-16H,6H2,1-5H3/q+1. The molecule has 0 unspecified atom stereocenters. The van der Waals surface area contributed by atoms with Crippen molar-refractivity contribution < 1.29 is 4.57 Å². The van der Waals surface area contributed by atoms with Crippen LogP contribution in [0.3, 0.4) is 0 Å². The molecule has 2 nitrogen and oxygen atoms in total. The molecule has 0 radical (unpaired) electrons. The largest absolute Gasteiger partial charge is 0.347 e. The van der Waals surface area contributed by atoms with Gasteiger partial charge in [-0.3, -0.25) is 0 Å². The fourth-order valence-electron chi connectivity index (χ4n) is 4.19. The SMILES string of the molecule is CC[n+]1c(C=CC=C2N(C)c3ccccc3C2(C)C)sc2cc(C)ccc21. The van der Waals surface area contributed by atoms with Crippen molar-refractivity contribution in [1.29, 1.82) is 0 Å². The Hall–Kier alpha value is -2.39. The van der Waals surface area contributed by atoms with Crippen molar-refractivity contribution in [1.82, 2.24) is 0 Å². The zero-order valence-corrected chi connectivity index (χ0v) is 17.6. The van der Waals surface area contributed by atoms with Gasteiger partial charge in [-0.2, -0.15) is 4.57 Å². The van der Waals surface area contributed by atoms with Gasteiger partial charge < -0.3 is 4.90 Å². The van der Waals surface area contributed by atoms with Gasteiger partial charge in [0.25, 0.3) is 5.01 Å². The molecule has 3 aromatic rings. The molecule has 3 heteroatoms. The van der Waals surface area contributed by atoms with Gasteiger partial charge in [-0.05, 0) is 43.2 Å². The average molecular weight is 376 g/mol. The van der Waals surface area contributed by atoms with Gasteiger partial charge in [0.05, 0.1) is 0 Å². The van der Waals surface area contributed by atoms with E-state index in [9.17, 15) is 0 Å². The minimum Gasteiger partial charge on any atom is -0.347 e. The normalized spacial score (nSPS) is 17.4. The van der Waals surface area contributed by atoms with Crippen molar-refractivity contribution in [2.45, 2.75) is 39.7 Å². The predicted octanol–water partition coefficient (Wildman–Crippen LogP) is 5.84. The highest BCUT2D eigenvalue weighted by atomic mass is 32.1. The number of benzene rings is 2. The number of fused-ring (bicyclic) bond motifs is 2. The summed E-state index contributed by atoms with van der Waals surface area (Å²) in [7, 11) is 2.17. The van der Waals surface area contributed by atoms with Crippen LogP contribution in [0.15, 0.2) is 60.3 Å². The number of thiazole rings is 1. The van der Waals surface area contributed by atoms with E-state index in [1.807, 2.05) is 11.3 Å². The van der Waals surface area contributed by atoms with Crippen molar-refractivity contribution in [3.8, 4) is 0 Å². The lowest BCUT2D eigenvalue weighted by Gasteiger charge is -2.23. The maximum Gasteiger partial charge on any atom is 0.262 e. The Morgan fingerprint density at radius 2 is 1.93 bits per heavy atom. The van der Waals surface area contributed by atoms with E-state index in [0.29, 0.717) is 0 Å². The molecule has 1 aliphatic heterocycles. The highest BCUT2D eigenvalue weighted by molar-refractivity contribution is 7.18. The molecule has 0 saturated carbocycles. The minimum atomic E-state index is 0.0215. The third-order valence-electron chi connectivity index (χ3n) is 5.64. The number of anilines is 1. The van der Waals surface area contributed by atoms with Crippen molar-refractivity contribution in [3.63, 3.8) is 0 Å². The average Bonchev–Trinajstić information content (AvgIpc) is 3.09. The first-order valence-electron chi connectivity index (χ1n) is 9.58. The molecule has 1 aliphatic rings. The summed E-state index contributed by atoms with van der Waals surface area (Å²) in [5, 5.41) is 1.30. The Morgan fingerprint density at radius 1 is 1.15 bits per heavy atom. The molecule has 2 aromatic carbocycles. The van der Waals surface area contributed by atoms with Crippen LogP contribution in [0.5, 0.6) is 0 Å². The Balaban J connectivity index is 1.71. The molecule has 0 fully saturated rings. The third-order valence-corrected chi connectivity index (χ3v) is 6.75. The molecule has 0 N–H and O–H groups in total. The summed E-state index contributed by atoms with van der Waals surface area (Å²) in [6.45, 7) is 9.97. The van der Waals surface area contributed by atoms with Crippen LogP contribution in [0.2, 0.25) is 0 Å². The molecule has 0 aliphatic carbocycles. The summed E-state index contributed by atoms with van der Waals surface area (Å²) in [4.78, 5) is 2.32. The second-order valence-electron chi connectivity index (χ2n) is 7.77. The van der Waals surface area contributed by atoms with Crippen LogP contribution < -0.4 is 9.47 Å². The fourth-order valence-corrected chi connectivity index (χ4v) is 5.42. The Morgan fingerprint density at radius 3 is 2.67 bits per heavy atom. The molecule has 0 atom stereocenters. The van der Waals surface area contributed by atoms with Gasteiger partial charge in [-0.15, -0.1) is 0 Å². The van der Waals surface area contributed by atoms with E-state index in [0.717, 1.165) is 6.54 Å². The number of aromatic nitrogens is 1. The maximum absolute atomic E-state index is 2.40. The van der Waals surface area contributed by atoms with E-state index in [4.69, 9.17) is 0 Å². The lowest BCUT2D eigenvalue weighted by Crippen LogP contribution is -2.33. The van der Waals surface area contributed by atoms with Gasteiger partial charge in [0.2, 0.25) is 5.52 Å². The quantitative estimate of drug-likeness (QED) is 0.522. The number of hydrogen-bond donors (Lipinski definition) is 0. The minimum absolute atomic E-state index is 0.0215. The second-order valence-corrected chi connectivity index (χ2v) is 8.83. The zero-order chi connectivity index (χ0) is 19.2. The highest BCUT2D eigenvalue weighted by Gasteiger charge is 2.37. The first-order valence-corrected chi connectivity index (χ1v) is 10.4. The number of aryl methyl sites for hydroxylation is 2. The van der Waals surface area contributed by atoms with Crippen LogP contribution in [-0.2, 0) is 12.0 Å². The van der Waals surface area contributed by atoms with Crippen LogP contribution in [0.1, 0.15) is 36.9 Å². The first-order chi connectivity index (χ1) is 12.9. The van der Waals surface area contributed by atoms with Gasteiger partial charge in [0, 0.05) is 36.0 Å². The summed E-state index contributed by atoms with van der Waals surface area (Å²) >= 11 is 1.87. The monoisotopic (exact) mass is 375 g/mol. The van der Waals surface area contributed by atoms with Crippen molar-refractivity contribution in [2.75, 3.05) is 11.9 Å². The van der Waals surface area contributed by atoms with Gasteiger partial charge in [0.1, 0.15) is 11.2 Å². The molecule has 0 amide bonds. The number of rotatable bonds is 3. The maximum atomic E-state index is 2.40. The zero-order valence-electron chi connectivity index (χ0n) is 16.8. The van der Waals surface area contributed by atoms with E-state index >= 15 is 0 Å². The molecule has 138 valence electrons. The van der Waals surface area contributed by atoms with Crippen LogP contribution in [-0.4, -0.2) is 7.05 Å². The summed E-state index contributed by atoms with van der Waals surface area (Å²) in [6, 6.07) is 15.4. The van der Waals surface area contributed by atoms with Crippen molar-refractivity contribution in [2.24, 2.45) is 0 Å². The molecule has 0 saturated heterocycles. The Kier molecular flexibility index (Phi) is 4.43. The van der Waals surface area contributed by atoms with E-state index in [-0.39, 0.29) is 5.41 Å². The molecule has 27 heavy (non-hydrogen) atoms. The summed E-state index contributed by atoms with van der Waals surface area (Å²) in [5.74, 6) is 0. The Bertz CT molecular complexity index is 1070.